The van der Waals surface area contributed by atoms with Gasteiger partial charge in [-0.2, -0.15) is 0 Å². The SMILES string of the molecule is CCC1(C)Oc2ccc(NS(=O)(=O)c3cc(Cl)cc(Cl)c3O)cc2O1. The van der Waals surface area contributed by atoms with Crippen molar-refractivity contribution in [1.82, 2.24) is 0 Å². The number of hydrogen-bond acceptors (Lipinski definition) is 5. The third kappa shape index (κ3) is 3.44. The Bertz CT molecular complexity index is 948. The molecule has 134 valence electrons. The summed E-state index contributed by atoms with van der Waals surface area (Å²) in [6, 6.07) is 7.02. The van der Waals surface area contributed by atoms with E-state index in [1.807, 2.05) is 6.92 Å². The fraction of sp³-hybridized carbons (Fsp3) is 0.250. The van der Waals surface area contributed by atoms with Crippen LogP contribution in [0.5, 0.6) is 17.2 Å². The molecule has 1 heterocycles. The molecular weight excluding hydrogens is 389 g/mol. The third-order valence-electron chi connectivity index (χ3n) is 3.77. The number of halogens is 2. The normalized spacial score (nSPS) is 19.0. The second-order valence-corrected chi connectivity index (χ2v) is 8.19. The Hall–Kier alpha value is -1.83. The third-order valence-corrected chi connectivity index (χ3v) is 5.67. The van der Waals surface area contributed by atoms with E-state index in [-0.39, 0.29) is 15.7 Å². The van der Waals surface area contributed by atoms with E-state index in [1.54, 1.807) is 13.0 Å². The molecule has 9 heteroatoms. The van der Waals surface area contributed by atoms with Crippen molar-refractivity contribution in [3.05, 3.63) is 40.4 Å². The van der Waals surface area contributed by atoms with Gasteiger partial charge >= 0.3 is 0 Å². The molecule has 0 spiro atoms. The Kier molecular flexibility index (Phi) is 4.43. The molecule has 1 aliphatic rings. The molecule has 0 aliphatic carbocycles. The molecule has 3 rings (SSSR count). The van der Waals surface area contributed by atoms with E-state index in [2.05, 4.69) is 4.72 Å². The highest BCUT2D eigenvalue weighted by atomic mass is 35.5. The number of rotatable bonds is 4. The summed E-state index contributed by atoms with van der Waals surface area (Å²) in [5.41, 5.74) is 0.248. The number of anilines is 1. The highest BCUT2D eigenvalue weighted by Crippen LogP contribution is 2.42. The molecule has 0 saturated heterocycles. The van der Waals surface area contributed by atoms with Crippen LogP contribution in [-0.4, -0.2) is 19.3 Å². The van der Waals surface area contributed by atoms with E-state index in [4.69, 9.17) is 32.7 Å². The highest BCUT2D eigenvalue weighted by molar-refractivity contribution is 7.92. The molecule has 0 fully saturated rings. The van der Waals surface area contributed by atoms with Crippen molar-refractivity contribution in [3.8, 4) is 17.2 Å². The number of nitrogens with one attached hydrogen (secondary N) is 1. The van der Waals surface area contributed by atoms with Crippen LogP contribution in [0.4, 0.5) is 5.69 Å². The number of ether oxygens (including phenoxy) is 2. The Morgan fingerprint density at radius 3 is 2.52 bits per heavy atom. The van der Waals surface area contributed by atoms with Gasteiger partial charge in [-0.25, -0.2) is 8.42 Å². The van der Waals surface area contributed by atoms with Crippen molar-refractivity contribution in [2.75, 3.05) is 4.72 Å². The standard InChI is InChI=1S/C16H15Cl2NO5S/c1-3-16(2)23-12-5-4-10(8-13(12)24-16)19-25(21,22)14-7-9(17)6-11(18)15(14)20/h4-8,19-20H,3H2,1-2H3. The maximum atomic E-state index is 12.6. The zero-order chi connectivity index (χ0) is 18.4. The average Bonchev–Trinajstić information content (AvgIpc) is 2.86. The van der Waals surface area contributed by atoms with Crippen LogP contribution < -0.4 is 14.2 Å². The quantitative estimate of drug-likeness (QED) is 0.789. The van der Waals surface area contributed by atoms with Crippen molar-refractivity contribution in [1.29, 1.82) is 0 Å². The Morgan fingerprint density at radius 1 is 1.16 bits per heavy atom. The first kappa shape index (κ1) is 18.0. The van der Waals surface area contributed by atoms with Gasteiger partial charge in [0.25, 0.3) is 10.0 Å². The van der Waals surface area contributed by atoms with Gasteiger partial charge < -0.3 is 14.6 Å². The minimum atomic E-state index is -4.11. The molecular formula is C16H15Cl2NO5S. The lowest BCUT2D eigenvalue weighted by atomic mass is 10.2. The Morgan fingerprint density at radius 2 is 1.84 bits per heavy atom. The van der Waals surface area contributed by atoms with E-state index in [0.717, 1.165) is 6.07 Å². The molecule has 1 atom stereocenters. The largest absolute Gasteiger partial charge is 0.505 e. The van der Waals surface area contributed by atoms with Gasteiger partial charge in [0.2, 0.25) is 5.79 Å². The second kappa shape index (κ2) is 6.16. The predicted octanol–water partition coefficient (Wildman–Crippen LogP) is 4.40. The fourth-order valence-electron chi connectivity index (χ4n) is 2.32. The van der Waals surface area contributed by atoms with E-state index in [0.29, 0.717) is 17.9 Å². The van der Waals surface area contributed by atoms with Crippen molar-refractivity contribution in [2.45, 2.75) is 31.0 Å². The van der Waals surface area contributed by atoms with Crippen molar-refractivity contribution < 1.29 is 23.0 Å². The lowest BCUT2D eigenvalue weighted by Gasteiger charge is -2.20. The number of benzene rings is 2. The fourth-order valence-corrected chi connectivity index (χ4v) is 4.13. The summed E-state index contributed by atoms with van der Waals surface area (Å²) in [4.78, 5) is -0.416. The maximum absolute atomic E-state index is 12.6. The summed E-state index contributed by atoms with van der Waals surface area (Å²) in [5, 5.41) is 9.87. The number of aromatic hydroxyl groups is 1. The molecule has 0 radical (unpaired) electrons. The number of phenolic OH excluding ortho intramolecular Hbond substituents is 1. The van der Waals surface area contributed by atoms with E-state index in [1.165, 1.54) is 18.2 Å². The first-order valence-corrected chi connectivity index (χ1v) is 9.60. The summed E-state index contributed by atoms with van der Waals surface area (Å²) in [5.74, 6) is -0.393. The highest BCUT2D eigenvalue weighted by Gasteiger charge is 2.35. The van der Waals surface area contributed by atoms with E-state index >= 15 is 0 Å². The molecule has 2 aromatic carbocycles. The summed E-state index contributed by atoms with van der Waals surface area (Å²) in [7, 11) is -4.11. The Labute approximate surface area is 155 Å². The van der Waals surface area contributed by atoms with Gasteiger partial charge in [0, 0.05) is 24.4 Å². The summed E-state index contributed by atoms with van der Waals surface area (Å²) >= 11 is 11.6. The number of hydrogen-bond donors (Lipinski definition) is 2. The molecule has 0 aromatic heterocycles. The molecule has 0 saturated carbocycles. The first-order valence-electron chi connectivity index (χ1n) is 7.36. The van der Waals surface area contributed by atoms with Crippen molar-refractivity contribution in [3.63, 3.8) is 0 Å². The molecule has 25 heavy (non-hydrogen) atoms. The molecule has 2 N–H and O–H groups in total. The van der Waals surface area contributed by atoms with Gasteiger partial charge in [-0.1, -0.05) is 30.1 Å². The summed E-state index contributed by atoms with van der Waals surface area (Å²) < 4.78 is 38.9. The van der Waals surface area contributed by atoms with Crippen molar-refractivity contribution >= 4 is 38.9 Å². The van der Waals surface area contributed by atoms with Gasteiger partial charge in [0.15, 0.2) is 17.2 Å². The summed E-state index contributed by atoms with van der Waals surface area (Å²) in [6.45, 7) is 3.71. The topological polar surface area (TPSA) is 84.9 Å². The minimum Gasteiger partial charge on any atom is -0.505 e. The van der Waals surface area contributed by atoms with Gasteiger partial charge in [-0.3, -0.25) is 4.72 Å². The van der Waals surface area contributed by atoms with Gasteiger partial charge in [-0.05, 0) is 24.3 Å². The molecule has 0 bridgehead atoms. The molecule has 6 nitrogen and oxygen atoms in total. The molecule has 2 aromatic rings. The lowest BCUT2D eigenvalue weighted by Crippen LogP contribution is -2.33. The van der Waals surface area contributed by atoms with Crippen LogP contribution in [-0.2, 0) is 10.0 Å². The maximum Gasteiger partial charge on any atom is 0.265 e. The summed E-state index contributed by atoms with van der Waals surface area (Å²) in [6.07, 6.45) is 0.623. The van der Waals surface area contributed by atoms with Crippen LogP contribution in [0.1, 0.15) is 20.3 Å². The van der Waals surface area contributed by atoms with Gasteiger partial charge in [0.1, 0.15) is 4.90 Å². The molecule has 1 aliphatic heterocycles. The smallest absolute Gasteiger partial charge is 0.265 e. The lowest BCUT2D eigenvalue weighted by molar-refractivity contribution is -0.0640. The van der Waals surface area contributed by atoms with Crippen LogP contribution in [0.3, 0.4) is 0 Å². The van der Waals surface area contributed by atoms with Gasteiger partial charge in [-0.15, -0.1) is 0 Å². The number of sulfonamides is 1. The first-order chi connectivity index (χ1) is 11.6. The van der Waals surface area contributed by atoms with Crippen molar-refractivity contribution in [2.24, 2.45) is 0 Å². The Balaban J connectivity index is 1.93. The number of phenols is 1. The minimum absolute atomic E-state index is 0.0903. The zero-order valence-electron chi connectivity index (χ0n) is 13.3. The van der Waals surface area contributed by atoms with Crippen LogP contribution in [0, 0.1) is 0 Å². The number of fused-ring (bicyclic) bond motifs is 1. The van der Waals surface area contributed by atoms with Crippen LogP contribution >= 0.6 is 23.2 Å². The van der Waals surface area contributed by atoms with Crippen LogP contribution in [0.2, 0.25) is 10.0 Å². The zero-order valence-corrected chi connectivity index (χ0v) is 15.7. The van der Waals surface area contributed by atoms with Crippen LogP contribution in [0.15, 0.2) is 35.2 Å². The van der Waals surface area contributed by atoms with E-state index < -0.39 is 26.5 Å². The van der Waals surface area contributed by atoms with Crippen LogP contribution in [0.25, 0.3) is 0 Å². The monoisotopic (exact) mass is 403 g/mol. The average molecular weight is 404 g/mol. The molecule has 0 amide bonds. The molecule has 1 unspecified atom stereocenters. The predicted molar refractivity (Wildman–Crippen MR) is 95.3 cm³/mol. The van der Waals surface area contributed by atoms with E-state index in [9.17, 15) is 13.5 Å². The second-order valence-electron chi connectivity index (χ2n) is 5.69. The van der Waals surface area contributed by atoms with Gasteiger partial charge in [0.05, 0.1) is 10.7 Å².